The Kier molecular flexibility index (Phi) is 16.6. The Hall–Kier alpha value is -7.52. The molecule has 8 rings (SSSR count). The minimum Gasteiger partial charge on any atom is -0.481 e. The number of benzene rings is 8. The van der Waals surface area contributed by atoms with Crippen molar-refractivity contribution in [1.82, 2.24) is 0 Å². The molecule has 0 atom stereocenters. The minimum absolute atomic E-state index is 0.0256. The van der Waals surface area contributed by atoms with Crippen LogP contribution in [0.3, 0.4) is 0 Å². The van der Waals surface area contributed by atoms with Crippen molar-refractivity contribution in [2.45, 2.75) is 149 Å². The molecule has 0 unspecified atom stereocenters. The number of hydrogen-bond donors (Lipinski definition) is 0. The summed E-state index contributed by atoms with van der Waals surface area (Å²) in [4.78, 5) is 0. The first-order valence-electron chi connectivity index (χ1n) is 28.3. The molecule has 0 fully saturated rings. The molecule has 0 bridgehead atoms. The van der Waals surface area contributed by atoms with Crippen LogP contribution in [0.2, 0.25) is 0 Å². The maximum atomic E-state index is 6.23. The molecule has 0 N–H and O–H groups in total. The summed E-state index contributed by atoms with van der Waals surface area (Å²) in [6.45, 7) is 36.6. The highest BCUT2D eigenvalue weighted by atomic mass is 16.5. The van der Waals surface area contributed by atoms with E-state index in [9.17, 15) is 0 Å². The van der Waals surface area contributed by atoms with Crippen molar-refractivity contribution < 1.29 is 9.47 Å². The number of aryl methyl sites for hydroxylation is 1. The molecule has 79 heavy (non-hydrogen) atoms. The van der Waals surface area contributed by atoms with Gasteiger partial charge in [0.15, 0.2) is 0 Å². The van der Waals surface area contributed by atoms with Crippen LogP contribution in [0.1, 0.15) is 182 Å². The molecule has 0 aliphatic carbocycles. The summed E-state index contributed by atoms with van der Waals surface area (Å²) >= 11 is 0. The fourth-order valence-corrected chi connectivity index (χ4v) is 10.9. The minimum atomic E-state index is -0.606. The van der Waals surface area contributed by atoms with E-state index in [1.54, 1.807) is 0 Å². The Morgan fingerprint density at radius 3 is 0.595 bits per heavy atom. The van der Waals surface area contributed by atoms with Gasteiger partial charge in [-0.2, -0.15) is 0 Å². The van der Waals surface area contributed by atoms with E-state index in [0.29, 0.717) is 0 Å². The van der Waals surface area contributed by atoms with Crippen LogP contribution in [0.25, 0.3) is 0 Å². The SMILES string of the molecule is Cc1ccc(C(c2ccc(OCC#CC#CCOc3ccc(C(c4ccc(C(C)(C)C)cc4)(c4ccc(C(C)(C)C)cc4)c4ccc(C(C)(C)C)cc4)cc3)cc2)(c2ccc(C(C)(C)C)cc2)c2ccc(C(C)(C)C)cc2)cc1. The standard InChI is InChI=1S/C77H84O2/c1-55-21-23-61(24-22-55)76(62-35-25-56(26-36-62)71(2,3)4,63-37-27-57(28-38-63)72(5,6)7)67-45-49-69(50-46-67)78-53-19-17-18-20-54-79-70-51-47-68(48-52-70)77(64-39-29-58(30-40-64)73(8,9)10,65-41-31-59(32-42-65)74(11,12)13)66-43-33-60(34-44-66)75(14,15)16/h21-52H,53-54H2,1-16H3. The Balaban J connectivity index is 1.02. The first-order chi connectivity index (χ1) is 37.2. The molecule has 8 aromatic carbocycles. The smallest absolute Gasteiger partial charge is 0.150 e. The van der Waals surface area contributed by atoms with Gasteiger partial charge in [0, 0.05) is 0 Å². The van der Waals surface area contributed by atoms with Crippen molar-refractivity contribution in [1.29, 1.82) is 0 Å². The zero-order chi connectivity index (χ0) is 57.0. The van der Waals surface area contributed by atoms with Gasteiger partial charge in [-0.3, -0.25) is 0 Å². The third kappa shape index (κ3) is 12.7. The van der Waals surface area contributed by atoms with Crippen molar-refractivity contribution in [3.63, 3.8) is 0 Å². The monoisotopic (exact) mass is 1040 g/mol. The first kappa shape index (κ1) is 57.6. The lowest BCUT2D eigenvalue weighted by atomic mass is 9.64. The van der Waals surface area contributed by atoms with E-state index in [1.807, 2.05) is 0 Å². The molecule has 0 aliphatic heterocycles. The van der Waals surface area contributed by atoms with Gasteiger partial charge in [-0.25, -0.2) is 0 Å². The van der Waals surface area contributed by atoms with E-state index in [2.05, 4.69) is 329 Å². The predicted octanol–water partition coefficient (Wildman–Crippen LogP) is 18.7. The average molecular weight is 1040 g/mol. The van der Waals surface area contributed by atoms with E-state index < -0.39 is 10.8 Å². The van der Waals surface area contributed by atoms with Gasteiger partial charge in [-0.05, 0) is 154 Å². The van der Waals surface area contributed by atoms with Crippen molar-refractivity contribution in [3.05, 3.63) is 272 Å². The Bertz CT molecular complexity index is 3230. The second-order valence-corrected chi connectivity index (χ2v) is 26.7. The Labute approximate surface area is 476 Å². The summed E-state index contributed by atoms with van der Waals surface area (Å²) in [5, 5.41) is 0. The van der Waals surface area contributed by atoms with E-state index in [0.717, 1.165) is 22.6 Å². The van der Waals surface area contributed by atoms with Gasteiger partial charge >= 0.3 is 0 Å². The van der Waals surface area contributed by atoms with Crippen LogP contribution < -0.4 is 9.47 Å². The van der Waals surface area contributed by atoms with Gasteiger partial charge < -0.3 is 9.47 Å². The van der Waals surface area contributed by atoms with Gasteiger partial charge in [0.05, 0.1) is 10.8 Å². The molecular weight excluding hydrogens is 957 g/mol. The summed E-state index contributed by atoms with van der Waals surface area (Å²) in [6.07, 6.45) is 0. The molecule has 0 saturated carbocycles. The lowest BCUT2D eigenvalue weighted by Gasteiger charge is -2.38. The van der Waals surface area contributed by atoms with E-state index in [-0.39, 0.29) is 40.3 Å². The molecule has 0 heterocycles. The number of rotatable bonds is 12. The Morgan fingerprint density at radius 1 is 0.241 bits per heavy atom. The summed E-state index contributed by atoms with van der Waals surface area (Å²) in [5.41, 5.74) is 16.3. The second kappa shape index (κ2) is 22.7. The summed E-state index contributed by atoms with van der Waals surface area (Å²) in [5.74, 6) is 13.7. The third-order valence-corrected chi connectivity index (χ3v) is 15.8. The van der Waals surface area contributed by atoms with E-state index in [1.165, 1.54) is 66.8 Å². The van der Waals surface area contributed by atoms with Crippen LogP contribution in [-0.2, 0) is 37.9 Å². The number of hydrogen-bond acceptors (Lipinski definition) is 2. The molecule has 0 saturated heterocycles. The topological polar surface area (TPSA) is 18.5 Å². The first-order valence-corrected chi connectivity index (χ1v) is 28.3. The quantitative estimate of drug-likeness (QED) is 0.0897. The summed E-state index contributed by atoms with van der Waals surface area (Å²) in [7, 11) is 0. The van der Waals surface area contributed by atoms with Crippen molar-refractivity contribution in [2.24, 2.45) is 0 Å². The molecule has 0 aromatic heterocycles. The van der Waals surface area contributed by atoms with Gasteiger partial charge in [0.2, 0.25) is 0 Å². The lowest BCUT2D eigenvalue weighted by molar-refractivity contribution is 0.369. The highest BCUT2D eigenvalue weighted by Crippen LogP contribution is 2.49. The molecule has 2 heteroatoms. The van der Waals surface area contributed by atoms with Crippen LogP contribution in [0.4, 0.5) is 0 Å². The van der Waals surface area contributed by atoms with Crippen molar-refractivity contribution >= 4 is 0 Å². The molecule has 404 valence electrons. The molecule has 0 amide bonds. The fourth-order valence-electron chi connectivity index (χ4n) is 10.9. The van der Waals surface area contributed by atoms with Crippen molar-refractivity contribution in [2.75, 3.05) is 13.2 Å². The fraction of sp³-hybridized carbons (Fsp3) is 0.325. The lowest BCUT2D eigenvalue weighted by Crippen LogP contribution is -2.31. The van der Waals surface area contributed by atoms with E-state index >= 15 is 0 Å². The van der Waals surface area contributed by atoms with Gasteiger partial charge in [0.1, 0.15) is 24.7 Å². The van der Waals surface area contributed by atoms with Crippen LogP contribution in [0.15, 0.2) is 194 Å². The number of ether oxygens (including phenoxy) is 2. The van der Waals surface area contributed by atoms with Crippen LogP contribution in [-0.4, -0.2) is 13.2 Å². The molecule has 0 aliphatic rings. The predicted molar refractivity (Wildman–Crippen MR) is 334 cm³/mol. The highest BCUT2D eigenvalue weighted by molar-refractivity contribution is 5.63. The van der Waals surface area contributed by atoms with Gasteiger partial charge in [0.25, 0.3) is 0 Å². The molecule has 8 aromatic rings. The van der Waals surface area contributed by atoms with Crippen LogP contribution in [0, 0.1) is 30.6 Å². The third-order valence-electron chi connectivity index (χ3n) is 15.8. The zero-order valence-corrected chi connectivity index (χ0v) is 50.2. The van der Waals surface area contributed by atoms with E-state index in [4.69, 9.17) is 9.47 Å². The van der Waals surface area contributed by atoms with Gasteiger partial charge in [-0.1, -0.05) is 279 Å². The van der Waals surface area contributed by atoms with Crippen molar-refractivity contribution in [3.8, 4) is 35.2 Å². The molecule has 0 radical (unpaired) electrons. The summed E-state index contributed by atoms with van der Waals surface area (Å²) in [6, 6.07) is 72.4. The van der Waals surface area contributed by atoms with Crippen LogP contribution in [0.5, 0.6) is 11.5 Å². The maximum absolute atomic E-state index is 6.23. The molecule has 0 spiro atoms. The largest absolute Gasteiger partial charge is 0.481 e. The van der Waals surface area contributed by atoms with Crippen LogP contribution >= 0.6 is 0 Å². The molecule has 2 nitrogen and oxygen atoms in total. The maximum Gasteiger partial charge on any atom is 0.150 e. The zero-order valence-electron chi connectivity index (χ0n) is 50.2. The summed E-state index contributed by atoms with van der Waals surface area (Å²) < 4.78 is 12.4. The normalized spacial score (nSPS) is 12.5. The average Bonchev–Trinajstić information content (AvgIpc) is 3.50. The highest BCUT2D eigenvalue weighted by Gasteiger charge is 2.41. The van der Waals surface area contributed by atoms with Gasteiger partial charge in [-0.15, -0.1) is 0 Å². The Morgan fingerprint density at radius 2 is 0.405 bits per heavy atom. The second-order valence-electron chi connectivity index (χ2n) is 26.7. The molecular formula is C77H84O2.